The summed E-state index contributed by atoms with van der Waals surface area (Å²) in [6.45, 7) is 7.51. The molecule has 1 fully saturated rings. The largest absolute Gasteiger partial charge is 0.461 e. The molecule has 1 saturated heterocycles. The SMILES string of the molecule is CCOC(=O)c1cc(CN2CCCC2)c(C)[nH]1. The first kappa shape index (κ1) is 12.2. The topological polar surface area (TPSA) is 45.3 Å². The zero-order chi connectivity index (χ0) is 12.3. The van der Waals surface area contributed by atoms with E-state index < -0.39 is 0 Å². The number of carbonyl (C=O) groups is 1. The number of carbonyl (C=O) groups excluding carboxylic acids is 1. The number of aromatic nitrogens is 1. The molecule has 4 heteroatoms. The van der Waals surface area contributed by atoms with Gasteiger partial charge >= 0.3 is 5.97 Å². The molecule has 0 atom stereocenters. The summed E-state index contributed by atoms with van der Waals surface area (Å²) in [5.74, 6) is -0.261. The van der Waals surface area contributed by atoms with Crippen LogP contribution in [0.1, 0.15) is 41.5 Å². The maximum absolute atomic E-state index is 11.6. The Labute approximate surface area is 102 Å². The molecule has 1 aliphatic heterocycles. The predicted octanol–water partition coefficient (Wildman–Crippen LogP) is 2.10. The van der Waals surface area contributed by atoms with Crippen molar-refractivity contribution in [1.29, 1.82) is 0 Å². The van der Waals surface area contributed by atoms with Gasteiger partial charge in [0.1, 0.15) is 5.69 Å². The Balaban J connectivity index is 2.04. The van der Waals surface area contributed by atoms with Gasteiger partial charge in [-0.05, 0) is 51.4 Å². The highest BCUT2D eigenvalue weighted by molar-refractivity contribution is 5.87. The fourth-order valence-corrected chi connectivity index (χ4v) is 2.27. The molecule has 1 aliphatic rings. The number of nitrogens with one attached hydrogen (secondary N) is 1. The molecule has 0 amide bonds. The first-order valence-corrected chi connectivity index (χ1v) is 6.28. The molecule has 1 N–H and O–H groups in total. The fraction of sp³-hybridized carbons (Fsp3) is 0.615. The van der Waals surface area contributed by atoms with Crippen molar-refractivity contribution in [3.8, 4) is 0 Å². The summed E-state index contributed by atoms with van der Waals surface area (Å²) < 4.78 is 4.98. The molecule has 0 radical (unpaired) electrons. The summed E-state index contributed by atoms with van der Waals surface area (Å²) >= 11 is 0. The monoisotopic (exact) mass is 236 g/mol. The summed E-state index contributed by atoms with van der Waals surface area (Å²) in [4.78, 5) is 17.1. The van der Waals surface area contributed by atoms with Crippen LogP contribution in [0.25, 0.3) is 0 Å². The van der Waals surface area contributed by atoms with E-state index in [2.05, 4.69) is 9.88 Å². The Hall–Kier alpha value is -1.29. The van der Waals surface area contributed by atoms with E-state index >= 15 is 0 Å². The Morgan fingerprint density at radius 1 is 1.47 bits per heavy atom. The molecule has 0 bridgehead atoms. The van der Waals surface area contributed by atoms with Crippen LogP contribution in [-0.2, 0) is 11.3 Å². The van der Waals surface area contributed by atoms with E-state index in [0.29, 0.717) is 12.3 Å². The number of nitrogens with zero attached hydrogens (tertiary/aromatic N) is 1. The van der Waals surface area contributed by atoms with E-state index in [-0.39, 0.29) is 5.97 Å². The zero-order valence-electron chi connectivity index (χ0n) is 10.6. The first-order chi connectivity index (χ1) is 8.20. The first-order valence-electron chi connectivity index (χ1n) is 6.28. The average molecular weight is 236 g/mol. The number of ether oxygens (including phenoxy) is 1. The summed E-state index contributed by atoms with van der Waals surface area (Å²) in [5, 5.41) is 0. The summed E-state index contributed by atoms with van der Waals surface area (Å²) in [7, 11) is 0. The molecule has 94 valence electrons. The highest BCUT2D eigenvalue weighted by Crippen LogP contribution is 2.17. The van der Waals surface area contributed by atoms with Gasteiger partial charge in [0, 0.05) is 12.2 Å². The van der Waals surface area contributed by atoms with Crippen LogP contribution in [-0.4, -0.2) is 35.5 Å². The van der Waals surface area contributed by atoms with Gasteiger partial charge in [-0.1, -0.05) is 0 Å². The number of hydrogen-bond acceptors (Lipinski definition) is 3. The van der Waals surface area contributed by atoms with Crippen LogP contribution >= 0.6 is 0 Å². The normalized spacial score (nSPS) is 16.4. The van der Waals surface area contributed by atoms with Crippen molar-refractivity contribution in [2.45, 2.75) is 33.2 Å². The molecule has 0 spiro atoms. The van der Waals surface area contributed by atoms with E-state index in [1.165, 1.54) is 31.5 Å². The van der Waals surface area contributed by atoms with Crippen LogP contribution in [0.5, 0.6) is 0 Å². The van der Waals surface area contributed by atoms with Crippen molar-refractivity contribution >= 4 is 5.97 Å². The second kappa shape index (κ2) is 5.36. The maximum Gasteiger partial charge on any atom is 0.354 e. The van der Waals surface area contributed by atoms with Crippen molar-refractivity contribution in [2.75, 3.05) is 19.7 Å². The number of aromatic amines is 1. The van der Waals surface area contributed by atoms with Gasteiger partial charge in [0.25, 0.3) is 0 Å². The van der Waals surface area contributed by atoms with Crippen LogP contribution in [0.3, 0.4) is 0 Å². The number of rotatable bonds is 4. The van der Waals surface area contributed by atoms with Gasteiger partial charge in [-0.25, -0.2) is 4.79 Å². The minimum Gasteiger partial charge on any atom is -0.461 e. The number of hydrogen-bond donors (Lipinski definition) is 1. The molecular formula is C13H20N2O2. The molecule has 0 saturated carbocycles. The van der Waals surface area contributed by atoms with Gasteiger partial charge in [0.05, 0.1) is 6.61 Å². The van der Waals surface area contributed by atoms with Crippen LogP contribution in [0.4, 0.5) is 0 Å². The third-order valence-electron chi connectivity index (χ3n) is 3.21. The van der Waals surface area contributed by atoms with Gasteiger partial charge in [0.2, 0.25) is 0 Å². The number of esters is 1. The lowest BCUT2D eigenvalue weighted by Gasteiger charge is -2.13. The summed E-state index contributed by atoms with van der Waals surface area (Å²) in [6.07, 6.45) is 2.57. The predicted molar refractivity (Wildman–Crippen MR) is 66.0 cm³/mol. The minimum atomic E-state index is -0.261. The Kier molecular flexibility index (Phi) is 3.84. The molecule has 0 aromatic carbocycles. The lowest BCUT2D eigenvalue weighted by molar-refractivity contribution is 0.0520. The Bertz CT molecular complexity index is 392. The molecule has 17 heavy (non-hydrogen) atoms. The fourth-order valence-electron chi connectivity index (χ4n) is 2.27. The summed E-state index contributed by atoms with van der Waals surface area (Å²) in [5.41, 5.74) is 2.84. The third-order valence-corrected chi connectivity index (χ3v) is 3.21. The molecule has 0 aliphatic carbocycles. The summed E-state index contributed by atoms with van der Waals surface area (Å²) in [6, 6.07) is 1.92. The lowest BCUT2D eigenvalue weighted by atomic mass is 10.2. The highest BCUT2D eigenvalue weighted by atomic mass is 16.5. The van der Waals surface area contributed by atoms with E-state index in [1.807, 2.05) is 19.9 Å². The van der Waals surface area contributed by atoms with Gasteiger partial charge in [-0.3, -0.25) is 4.90 Å². The van der Waals surface area contributed by atoms with E-state index in [4.69, 9.17) is 4.74 Å². The van der Waals surface area contributed by atoms with E-state index in [1.54, 1.807) is 0 Å². The van der Waals surface area contributed by atoms with Gasteiger partial charge in [0.15, 0.2) is 0 Å². The van der Waals surface area contributed by atoms with Gasteiger partial charge in [-0.2, -0.15) is 0 Å². The number of H-pyrrole nitrogens is 1. The average Bonchev–Trinajstić information content (AvgIpc) is 2.91. The smallest absolute Gasteiger partial charge is 0.354 e. The Morgan fingerprint density at radius 2 is 2.18 bits per heavy atom. The van der Waals surface area contributed by atoms with Crippen LogP contribution in [0.15, 0.2) is 6.07 Å². The van der Waals surface area contributed by atoms with Crippen molar-refractivity contribution in [2.24, 2.45) is 0 Å². The van der Waals surface area contributed by atoms with E-state index in [9.17, 15) is 4.79 Å². The second-order valence-corrected chi connectivity index (χ2v) is 4.54. The quantitative estimate of drug-likeness (QED) is 0.814. The molecule has 4 nitrogen and oxygen atoms in total. The third kappa shape index (κ3) is 2.88. The highest BCUT2D eigenvalue weighted by Gasteiger charge is 2.16. The van der Waals surface area contributed by atoms with Crippen molar-refractivity contribution < 1.29 is 9.53 Å². The number of likely N-dealkylation sites (tertiary alicyclic amines) is 1. The minimum absolute atomic E-state index is 0.261. The van der Waals surface area contributed by atoms with Crippen LogP contribution < -0.4 is 0 Å². The van der Waals surface area contributed by atoms with Gasteiger partial charge < -0.3 is 9.72 Å². The van der Waals surface area contributed by atoms with Crippen LogP contribution in [0.2, 0.25) is 0 Å². The standard InChI is InChI=1S/C13H20N2O2/c1-3-17-13(16)12-8-11(10(2)14-12)9-15-6-4-5-7-15/h8,14H,3-7,9H2,1-2H3. The van der Waals surface area contributed by atoms with Gasteiger partial charge in [-0.15, -0.1) is 0 Å². The molecule has 2 rings (SSSR count). The second-order valence-electron chi connectivity index (χ2n) is 4.54. The molecule has 1 aromatic rings. The molecular weight excluding hydrogens is 216 g/mol. The number of aryl methyl sites for hydroxylation is 1. The van der Waals surface area contributed by atoms with Crippen molar-refractivity contribution in [1.82, 2.24) is 9.88 Å². The molecule has 1 aromatic heterocycles. The van der Waals surface area contributed by atoms with Crippen molar-refractivity contribution in [3.63, 3.8) is 0 Å². The zero-order valence-corrected chi connectivity index (χ0v) is 10.6. The molecule has 2 heterocycles. The maximum atomic E-state index is 11.6. The van der Waals surface area contributed by atoms with Crippen molar-refractivity contribution in [3.05, 3.63) is 23.0 Å². The van der Waals surface area contributed by atoms with Crippen LogP contribution in [0, 0.1) is 6.92 Å². The Morgan fingerprint density at radius 3 is 2.82 bits per heavy atom. The molecule has 0 unspecified atom stereocenters. The van der Waals surface area contributed by atoms with E-state index in [0.717, 1.165) is 12.2 Å². The lowest BCUT2D eigenvalue weighted by Crippen LogP contribution is -2.18.